The number of ether oxygens (including phenoxy) is 1. The molecule has 3 saturated heterocycles. The Bertz CT molecular complexity index is 1170. The Morgan fingerprint density at radius 3 is 2.51 bits per heavy atom. The number of fused-ring (bicyclic) bond motifs is 3. The van der Waals surface area contributed by atoms with Crippen LogP contribution in [0.4, 0.5) is 5.82 Å². The first-order chi connectivity index (χ1) is 18.0. The lowest BCUT2D eigenvalue weighted by Crippen LogP contribution is -2.51. The minimum atomic E-state index is -0.0454. The largest absolute Gasteiger partial charge is 0.493 e. The number of likely N-dealkylation sites (N-methyl/N-ethyl adjacent to an activating group) is 1. The average molecular weight is 504 g/mol. The number of hydrogen-bond acceptors (Lipinski definition) is 6. The number of nitrogens with one attached hydrogen (secondary N) is 2. The minimum Gasteiger partial charge on any atom is -0.493 e. The molecule has 4 atom stereocenters. The number of aromatic nitrogens is 1. The number of carbonyl (C=O) groups is 2. The molecule has 37 heavy (non-hydrogen) atoms. The van der Waals surface area contributed by atoms with Crippen molar-refractivity contribution in [2.75, 3.05) is 31.6 Å². The topological polar surface area (TPSA) is 86.8 Å². The molecule has 6 rings (SSSR count). The van der Waals surface area contributed by atoms with Crippen LogP contribution in [0.25, 0.3) is 0 Å². The van der Waals surface area contributed by atoms with Crippen LogP contribution in [0.3, 0.4) is 0 Å². The second-order valence-electron chi connectivity index (χ2n) is 11.2. The quantitative estimate of drug-likeness (QED) is 0.652. The zero-order valence-electron chi connectivity index (χ0n) is 21.8. The van der Waals surface area contributed by atoms with Crippen molar-refractivity contribution in [3.05, 3.63) is 52.7 Å². The van der Waals surface area contributed by atoms with Gasteiger partial charge in [-0.3, -0.25) is 9.59 Å². The summed E-state index contributed by atoms with van der Waals surface area (Å²) in [6.07, 6.45) is 8.77. The summed E-state index contributed by atoms with van der Waals surface area (Å²) < 4.78 is 5.76. The van der Waals surface area contributed by atoms with Crippen molar-refractivity contribution in [2.45, 2.75) is 76.0 Å². The van der Waals surface area contributed by atoms with Gasteiger partial charge in [-0.15, -0.1) is 0 Å². The Labute approximate surface area is 218 Å². The summed E-state index contributed by atoms with van der Waals surface area (Å²) in [6.45, 7) is 4.66. The maximum Gasteiger partial charge on any atom is 0.253 e. The number of hydrogen-bond donors (Lipinski definition) is 2. The van der Waals surface area contributed by atoms with Crippen LogP contribution in [0.5, 0.6) is 5.75 Å². The number of pyridine rings is 1. The van der Waals surface area contributed by atoms with E-state index in [2.05, 4.69) is 27.5 Å². The molecule has 2 N–H and O–H groups in total. The van der Waals surface area contributed by atoms with Crippen LogP contribution < -0.4 is 20.3 Å². The predicted octanol–water partition coefficient (Wildman–Crippen LogP) is 3.08. The smallest absolute Gasteiger partial charge is 0.253 e. The summed E-state index contributed by atoms with van der Waals surface area (Å²) in [4.78, 5) is 35.3. The van der Waals surface area contributed by atoms with Crippen molar-refractivity contribution in [3.8, 4) is 5.75 Å². The van der Waals surface area contributed by atoms with Gasteiger partial charge in [0.25, 0.3) is 11.8 Å². The number of nitrogens with zero attached hydrogens (tertiary/aromatic N) is 3. The number of anilines is 1. The van der Waals surface area contributed by atoms with Gasteiger partial charge in [0.15, 0.2) is 0 Å². The van der Waals surface area contributed by atoms with Crippen molar-refractivity contribution in [1.82, 2.24) is 20.5 Å². The third kappa shape index (κ3) is 4.79. The van der Waals surface area contributed by atoms with Gasteiger partial charge in [-0.25, -0.2) is 4.98 Å². The third-order valence-electron chi connectivity index (χ3n) is 8.65. The Balaban J connectivity index is 1.08. The summed E-state index contributed by atoms with van der Waals surface area (Å²) >= 11 is 0. The molecule has 5 heterocycles. The first kappa shape index (κ1) is 24.2. The molecular formula is C29H37N5O3. The molecule has 196 valence electrons. The number of rotatable bonds is 5. The number of carbonyl (C=O) groups excluding carboxylic acids is 2. The maximum absolute atomic E-state index is 13.1. The molecule has 0 spiro atoms. The SMILES string of the molecule is Cc1c(C(=O)N[C@H]2C[C@H]3CC[C@@H](C2)N3c2ccc(C(=O)N[C@@H]3CCCN(C)C3)cn2)ccc2c1OCC2. The Kier molecular flexibility index (Phi) is 6.53. The van der Waals surface area contributed by atoms with E-state index in [1.165, 1.54) is 5.56 Å². The Morgan fingerprint density at radius 2 is 1.78 bits per heavy atom. The van der Waals surface area contributed by atoms with Crippen LogP contribution >= 0.6 is 0 Å². The summed E-state index contributed by atoms with van der Waals surface area (Å²) in [6, 6.07) is 8.89. The molecule has 2 bridgehead atoms. The van der Waals surface area contributed by atoms with Gasteiger partial charge in [-0.05, 0) is 82.8 Å². The van der Waals surface area contributed by atoms with E-state index in [0.717, 1.165) is 75.2 Å². The highest BCUT2D eigenvalue weighted by Gasteiger charge is 2.42. The number of benzene rings is 1. The second-order valence-corrected chi connectivity index (χ2v) is 11.2. The van der Waals surface area contributed by atoms with Gasteiger partial charge in [-0.2, -0.15) is 0 Å². The van der Waals surface area contributed by atoms with E-state index >= 15 is 0 Å². The highest BCUT2D eigenvalue weighted by Crippen LogP contribution is 2.39. The average Bonchev–Trinajstić information content (AvgIpc) is 3.47. The fourth-order valence-electron chi connectivity index (χ4n) is 6.81. The molecule has 8 heteroatoms. The molecule has 8 nitrogen and oxygen atoms in total. The molecule has 2 amide bonds. The molecule has 1 aromatic heterocycles. The van der Waals surface area contributed by atoms with Crippen LogP contribution in [0.2, 0.25) is 0 Å². The number of piperidine rings is 2. The van der Waals surface area contributed by atoms with E-state index in [0.29, 0.717) is 29.8 Å². The molecule has 2 aromatic rings. The van der Waals surface area contributed by atoms with Gasteiger partial charge in [0.05, 0.1) is 12.2 Å². The predicted molar refractivity (Wildman–Crippen MR) is 142 cm³/mol. The molecule has 0 unspecified atom stereocenters. The van der Waals surface area contributed by atoms with E-state index in [1.54, 1.807) is 6.20 Å². The first-order valence-electron chi connectivity index (χ1n) is 13.8. The minimum absolute atomic E-state index is 0.00806. The van der Waals surface area contributed by atoms with E-state index in [1.807, 2.05) is 31.2 Å². The van der Waals surface area contributed by atoms with Gasteiger partial charge in [-0.1, -0.05) is 6.07 Å². The van der Waals surface area contributed by atoms with E-state index in [9.17, 15) is 9.59 Å². The molecule has 0 saturated carbocycles. The van der Waals surface area contributed by atoms with Crippen molar-refractivity contribution >= 4 is 17.6 Å². The highest BCUT2D eigenvalue weighted by molar-refractivity contribution is 5.97. The Hall–Kier alpha value is -3.13. The standard InChI is InChI=1S/C29H37N5O3/c1-18-25(9-5-19-11-13-37-27(18)19)29(36)32-22-14-23-7-8-24(15-22)34(23)26-10-6-20(16-30-26)28(35)31-21-4-3-12-33(2)17-21/h5-6,9-10,16,21-24H,3-4,7-8,11-15,17H2,1-2H3,(H,31,35)(H,32,36)/t21-,22-,23+,24-/m1/s1. The third-order valence-corrected chi connectivity index (χ3v) is 8.65. The maximum atomic E-state index is 13.1. The first-order valence-corrected chi connectivity index (χ1v) is 13.8. The van der Waals surface area contributed by atoms with Gasteiger partial charge in [0.2, 0.25) is 0 Å². The summed E-state index contributed by atoms with van der Waals surface area (Å²) in [7, 11) is 2.10. The lowest BCUT2D eigenvalue weighted by Gasteiger charge is -2.40. The zero-order chi connectivity index (χ0) is 25.5. The monoisotopic (exact) mass is 503 g/mol. The fraction of sp³-hybridized carbons (Fsp3) is 0.552. The molecule has 4 aliphatic heterocycles. The molecule has 4 aliphatic rings. The molecular weight excluding hydrogens is 466 g/mol. The lowest BCUT2D eigenvalue weighted by atomic mass is 9.96. The molecule has 0 radical (unpaired) electrons. The van der Waals surface area contributed by atoms with Crippen molar-refractivity contribution in [2.24, 2.45) is 0 Å². The van der Waals surface area contributed by atoms with Crippen LogP contribution in [0.1, 0.15) is 70.4 Å². The summed E-state index contributed by atoms with van der Waals surface area (Å²) in [5.41, 5.74) is 3.46. The molecule has 1 aromatic carbocycles. The fourth-order valence-corrected chi connectivity index (χ4v) is 6.81. The van der Waals surface area contributed by atoms with Crippen LogP contribution in [0, 0.1) is 6.92 Å². The summed E-state index contributed by atoms with van der Waals surface area (Å²) in [5.74, 6) is 1.76. The van der Waals surface area contributed by atoms with E-state index in [-0.39, 0.29) is 23.9 Å². The van der Waals surface area contributed by atoms with Crippen molar-refractivity contribution in [1.29, 1.82) is 0 Å². The van der Waals surface area contributed by atoms with E-state index in [4.69, 9.17) is 9.72 Å². The number of likely N-dealkylation sites (tertiary alicyclic amines) is 1. The lowest BCUT2D eigenvalue weighted by molar-refractivity contribution is 0.0908. The van der Waals surface area contributed by atoms with Crippen LogP contribution in [0.15, 0.2) is 30.5 Å². The highest BCUT2D eigenvalue weighted by atomic mass is 16.5. The number of amides is 2. The van der Waals surface area contributed by atoms with Crippen molar-refractivity contribution < 1.29 is 14.3 Å². The normalized spacial score (nSPS) is 26.9. The van der Waals surface area contributed by atoms with Gasteiger partial charge < -0.3 is 25.2 Å². The van der Waals surface area contributed by atoms with E-state index < -0.39 is 0 Å². The van der Waals surface area contributed by atoms with Gasteiger partial charge in [0.1, 0.15) is 11.6 Å². The molecule has 0 aliphatic carbocycles. The van der Waals surface area contributed by atoms with Crippen LogP contribution in [-0.4, -0.2) is 72.6 Å². The Morgan fingerprint density at radius 1 is 1.00 bits per heavy atom. The van der Waals surface area contributed by atoms with Gasteiger partial charge in [0, 0.05) is 54.5 Å². The molecule has 3 fully saturated rings. The van der Waals surface area contributed by atoms with Gasteiger partial charge >= 0.3 is 0 Å². The second kappa shape index (κ2) is 9.97. The summed E-state index contributed by atoms with van der Waals surface area (Å²) in [5, 5.41) is 6.48. The zero-order valence-corrected chi connectivity index (χ0v) is 21.8. The van der Waals surface area contributed by atoms with Crippen LogP contribution in [-0.2, 0) is 6.42 Å². The van der Waals surface area contributed by atoms with Crippen molar-refractivity contribution in [3.63, 3.8) is 0 Å².